The molecule has 0 radical (unpaired) electrons. The normalized spacial score (nSPS) is 11.4. The van der Waals surface area contributed by atoms with Crippen molar-refractivity contribution in [2.24, 2.45) is 0 Å². The molecule has 86 valence electrons. The van der Waals surface area contributed by atoms with Crippen LogP contribution in [0.2, 0.25) is 0 Å². The van der Waals surface area contributed by atoms with Gasteiger partial charge in [0.15, 0.2) is 5.78 Å². The van der Waals surface area contributed by atoms with Crippen LogP contribution in [0.1, 0.15) is 22.0 Å². The summed E-state index contributed by atoms with van der Waals surface area (Å²) in [5, 5.41) is 0. The Morgan fingerprint density at radius 1 is 0.944 bits per heavy atom. The van der Waals surface area contributed by atoms with Gasteiger partial charge < -0.3 is 17.5 Å². The second kappa shape index (κ2) is 8.41. The molecule has 1 atom stereocenters. The predicted octanol–water partition coefficient (Wildman–Crippen LogP) is -0.334. The molecule has 2 nitrogen and oxygen atoms in total. The van der Waals surface area contributed by atoms with Crippen molar-refractivity contribution in [3.8, 4) is 0 Å². The van der Waals surface area contributed by atoms with Gasteiger partial charge in [-0.25, -0.2) is 0 Å². The first-order valence-corrected chi connectivity index (χ1v) is 5.75. The summed E-state index contributed by atoms with van der Waals surface area (Å²) < 4.78 is 2.65. The average molecular weight is 328 g/mol. The van der Waals surface area contributed by atoms with Crippen LogP contribution >= 0.6 is 0 Å². The first-order chi connectivity index (χ1) is 8.33. The van der Waals surface area contributed by atoms with Crippen molar-refractivity contribution in [1.29, 1.82) is 0 Å². The van der Waals surface area contributed by atoms with Gasteiger partial charge in [-0.3, -0.25) is 4.79 Å². The summed E-state index contributed by atoms with van der Waals surface area (Å²) >= 11 is 4.86. The zero-order valence-electron chi connectivity index (χ0n) is 10.2. The Kier molecular flexibility index (Phi) is 7.60. The smallest absolute Gasteiger partial charge is 0.704 e. The Bertz CT molecular complexity index is 490. The molecule has 0 spiro atoms. The van der Waals surface area contributed by atoms with Crippen LogP contribution in [0.15, 0.2) is 60.7 Å². The van der Waals surface area contributed by atoms with Crippen molar-refractivity contribution >= 4 is 18.6 Å². The third-order valence-corrected chi connectivity index (χ3v) is 2.81. The van der Waals surface area contributed by atoms with Crippen LogP contribution in [0.5, 0.6) is 0 Å². The maximum Gasteiger partial charge on any atom is 1.00 e. The number of ketones is 1. The predicted molar refractivity (Wildman–Crippen MR) is 70.5 cm³/mol. The second-order valence-electron chi connectivity index (χ2n) is 3.69. The number of carbonyl (C=O) groups excluding carboxylic acids is 1. The Labute approximate surface area is 162 Å². The number of benzene rings is 2. The van der Waals surface area contributed by atoms with Gasteiger partial charge in [-0.1, -0.05) is 60.7 Å². The molecule has 0 saturated heterocycles. The third-order valence-electron chi connectivity index (χ3n) is 2.57. The van der Waals surface area contributed by atoms with Crippen molar-refractivity contribution in [3.63, 3.8) is 0 Å². The molecule has 2 rings (SSSR count). The molecular formula is C14H12NORbS. The van der Waals surface area contributed by atoms with E-state index in [2.05, 4.69) is 4.72 Å². The van der Waals surface area contributed by atoms with Crippen molar-refractivity contribution in [2.75, 3.05) is 0 Å². The van der Waals surface area contributed by atoms with Crippen molar-refractivity contribution in [3.05, 3.63) is 71.8 Å². The molecule has 1 unspecified atom stereocenters. The van der Waals surface area contributed by atoms with Crippen molar-refractivity contribution in [2.45, 2.75) is 6.04 Å². The molecule has 0 bridgehead atoms. The van der Waals surface area contributed by atoms with Crippen LogP contribution in [-0.4, -0.2) is 5.78 Å². The minimum Gasteiger partial charge on any atom is -0.704 e. The molecule has 0 saturated carbocycles. The molecule has 0 fully saturated rings. The molecule has 1 N–H and O–H groups in total. The maximum atomic E-state index is 12.2. The standard InChI is InChI=1S/C14H12NOS.Rb/c16-14(12-9-5-2-6-10-12)13(15-17)11-7-3-1-4-8-11;/h1-10,13,15H;/q-1;+1. The van der Waals surface area contributed by atoms with Crippen molar-refractivity contribution < 1.29 is 63.0 Å². The van der Waals surface area contributed by atoms with Crippen LogP contribution in [0.4, 0.5) is 0 Å². The van der Waals surface area contributed by atoms with Gasteiger partial charge in [-0.2, -0.15) is 0 Å². The number of hydrogen-bond donors (Lipinski definition) is 1. The molecule has 18 heavy (non-hydrogen) atoms. The van der Waals surface area contributed by atoms with Gasteiger partial charge >= 0.3 is 58.2 Å². The van der Waals surface area contributed by atoms with E-state index >= 15 is 0 Å². The minimum absolute atomic E-state index is 0. The van der Waals surface area contributed by atoms with E-state index in [9.17, 15) is 4.79 Å². The molecule has 0 aliphatic carbocycles. The first-order valence-electron chi connectivity index (χ1n) is 5.35. The molecular weight excluding hydrogens is 316 g/mol. The summed E-state index contributed by atoms with van der Waals surface area (Å²) in [5.41, 5.74) is 1.55. The third kappa shape index (κ3) is 4.12. The molecule has 4 heteroatoms. The Morgan fingerprint density at radius 3 is 1.94 bits per heavy atom. The van der Waals surface area contributed by atoms with E-state index in [1.807, 2.05) is 48.5 Å². The van der Waals surface area contributed by atoms with Crippen LogP contribution < -0.4 is 62.9 Å². The van der Waals surface area contributed by atoms with E-state index in [1.54, 1.807) is 12.1 Å². The van der Waals surface area contributed by atoms with E-state index in [4.69, 9.17) is 12.8 Å². The largest absolute Gasteiger partial charge is 1.00 e. The first kappa shape index (κ1) is 16.3. The molecule has 0 aromatic heterocycles. The van der Waals surface area contributed by atoms with Crippen LogP contribution in [0.25, 0.3) is 0 Å². The number of rotatable bonds is 4. The zero-order chi connectivity index (χ0) is 12.1. The number of Topliss-reactive ketones (excluding diaryl/α,β-unsaturated/α-hetero) is 1. The Hall–Kier alpha value is 0.225. The van der Waals surface area contributed by atoms with E-state index in [-0.39, 0.29) is 64.0 Å². The quantitative estimate of drug-likeness (QED) is 0.616. The SMILES string of the molecule is O=C(c1ccccc1)C(N[S-])c1ccccc1.[Rb+]. The van der Waals surface area contributed by atoms with Crippen LogP contribution in [0, 0.1) is 0 Å². The average Bonchev–Trinajstić information content (AvgIpc) is 2.42. The van der Waals surface area contributed by atoms with Crippen LogP contribution in [0.3, 0.4) is 0 Å². The summed E-state index contributed by atoms with van der Waals surface area (Å²) in [6.07, 6.45) is 0. The fourth-order valence-electron chi connectivity index (χ4n) is 1.69. The fraction of sp³-hybridized carbons (Fsp3) is 0.0714. The van der Waals surface area contributed by atoms with E-state index in [0.29, 0.717) is 5.56 Å². The second-order valence-corrected chi connectivity index (χ2v) is 3.93. The van der Waals surface area contributed by atoms with Gasteiger partial charge in [0, 0.05) is 5.56 Å². The molecule has 0 heterocycles. The minimum atomic E-state index is -0.464. The van der Waals surface area contributed by atoms with Gasteiger partial charge in [0.2, 0.25) is 0 Å². The summed E-state index contributed by atoms with van der Waals surface area (Å²) in [7, 11) is 0. The van der Waals surface area contributed by atoms with Crippen LogP contribution in [-0.2, 0) is 12.8 Å². The van der Waals surface area contributed by atoms with E-state index in [1.165, 1.54) is 0 Å². The topological polar surface area (TPSA) is 29.1 Å². The summed E-state index contributed by atoms with van der Waals surface area (Å²) in [4.78, 5) is 12.2. The number of nitrogens with one attached hydrogen (secondary N) is 1. The van der Waals surface area contributed by atoms with Gasteiger partial charge in [-0.15, -0.1) is 0 Å². The summed E-state index contributed by atoms with van der Waals surface area (Å²) in [5.74, 6) is -0.00759. The number of carbonyl (C=O) groups is 1. The molecule has 2 aromatic carbocycles. The molecule has 0 amide bonds. The Balaban J connectivity index is 0.00000162. The summed E-state index contributed by atoms with van der Waals surface area (Å²) in [6.45, 7) is 0. The van der Waals surface area contributed by atoms with Gasteiger partial charge in [0.25, 0.3) is 0 Å². The van der Waals surface area contributed by atoms with Crippen molar-refractivity contribution in [1.82, 2.24) is 4.72 Å². The monoisotopic (exact) mass is 327 g/mol. The fourth-order valence-corrected chi connectivity index (χ4v) is 1.93. The van der Waals surface area contributed by atoms with Gasteiger partial charge in [0.05, 0.1) is 6.04 Å². The zero-order valence-corrected chi connectivity index (χ0v) is 15.9. The van der Waals surface area contributed by atoms with Gasteiger partial charge in [-0.05, 0) is 5.56 Å². The summed E-state index contributed by atoms with van der Waals surface area (Å²) in [6, 6.07) is 18.2. The van der Waals surface area contributed by atoms with E-state index < -0.39 is 6.04 Å². The molecule has 0 aliphatic rings. The number of hydrogen-bond acceptors (Lipinski definition) is 3. The maximum absolute atomic E-state index is 12.2. The van der Waals surface area contributed by atoms with E-state index in [0.717, 1.165) is 5.56 Å². The molecule has 2 aromatic rings. The molecule has 0 aliphatic heterocycles. The Morgan fingerprint density at radius 2 is 1.44 bits per heavy atom. The van der Waals surface area contributed by atoms with Gasteiger partial charge in [0.1, 0.15) is 0 Å².